The summed E-state index contributed by atoms with van der Waals surface area (Å²) in [7, 11) is 3.85. The number of aryl methyl sites for hydroxylation is 1. The third-order valence-electron chi connectivity index (χ3n) is 8.18. The van der Waals surface area contributed by atoms with Gasteiger partial charge in [-0.1, -0.05) is 24.3 Å². The van der Waals surface area contributed by atoms with E-state index in [0.717, 1.165) is 29.9 Å². The van der Waals surface area contributed by atoms with Crippen molar-refractivity contribution in [1.82, 2.24) is 10.2 Å². The van der Waals surface area contributed by atoms with Gasteiger partial charge in [0.15, 0.2) is 0 Å². The molecule has 1 atom stereocenters. The first-order valence-electron chi connectivity index (χ1n) is 13.8. The second-order valence-corrected chi connectivity index (χ2v) is 11.2. The van der Waals surface area contributed by atoms with Gasteiger partial charge in [0.2, 0.25) is 12.1 Å². The van der Waals surface area contributed by atoms with Crippen molar-refractivity contribution in [3.05, 3.63) is 53.6 Å². The van der Waals surface area contributed by atoms with Crippen molar-refractivity contribution in [2.24, 2.45) is 16.8 Å². The molecule has 2 saturated heterocycles. The van der Waals surface area contributed by atoms with E-state index in [4.69, 9.17) is 0 Å². The van der Waals surface area contributed by atoms with Gasteiger partial charge in [-0.3, -0.25) is 19.5 Å². The highest BCUT2D eigenvalue weighted by atomic mass is 16.2. The molecule has 4 aliphatic rings. The number of rotatable bonds is 5. The van der Waals surface area contributed by atoms with Gasteiger partial charge in [-0.05, 0) is 75.1 Å². The van der Waals surface area contributed by atoms with Crippen molar-refractivity contribution in [2.45, 2.75) is 45.7 Å². The molecule has 3 fully saturated rings. The van der Waals surface area contributed by atoms with Gasteiger partial charge in [0.25, 0.3) is 5.91 Å². The van der Waals surface area contributed by atoms with Crippen LogP contribution >= 0.6 is 0 Å². The van der Waals surface area contributed by atoms with E-state index in [1.807, 2.05) is 74.1 Å². The molecular weight excluding hydrogens is 492 g/mol. The molecule has 0 spiro atoms. The van der Waals surface area contributed by atoms with Crippen LogP contribution in [0, 0.1) is 18.8 Å². The Morgan fingerprint density at radius 2 is 1.67 bits per heavy atom. The van der Waals surface area contributed by atoms with E-state index >= 15 is 0 Å². The topological polar surface area (TPSA) is 97.4 Å². The Labute approximate surface area is 230 Å². The molecule has 3 heterocycles. The van der Waals surface area contributed by atoms with Crippen molar-refractivity contribution >= 4 is 40.6 Å². The van der Waals surface area contributed by atoms with E-state index in [1.165, 1.54) is 30.6 Å². The third-order valence-corrected chi connectivity index (χ3v) is 8.18. The lowest BCUT2D eigenvalue weighted by Gasteiger charge is -2.30. The number of aliphatic imine (C=N–C) groups is 1. The predicted octanol–water partition coefficient (Wildman–Crippen LogP) is 4.01. The summed E-state index contributed by atoms with van der Waals surface area (Å²) in [5.41, 5.74) is 4.51. The molecule has 206 valence electrons. The summed E-state index contributed by atoms with van der Waals surface area (Å²) in [6, 6.07) is 12.6. The van der Waals surface area contributed by atoms with Crippen LogP contribution in [-0.2, 0) is 9.59 Å². The highest BCUT2D eigenvalue weighted by Crippen LogP contribution is 2.35. The molecule has 2 aromatic carbocycles. The molecule has 2 bridgehead atoms. The summed E-state index contributed by atoms with van der Waals surface area (Å²) >= 11 is 0. The Morgan fingerprint density at radius 1 is 1.00 bits per heavy atom. The Balaban J connectivity index is 1.39. The van der Waals surface area contributed by atoms with Crippen LogP contribution in [0.2, 0.25) is 0 Å². The van der Waals surface area contributed by atoms with E-state index in [0.29, 0.717) is 28.9 Å². The first-order chi connectivity index (χ1) is 18.7. The molecule has 0 radical (unpaired) electrons. The molecule has 1 saturated carbocycles. The first kappa shape index (κ1) is 26.7. The highest BCUT2D eigenvalue weighted by molar-refractivity contribution is 6.14. The molecule has 9 nitrogen and oxygen atoms in total. The van der Waals surface area contributed by atoms with Gasteiger partial charge in [0.1, 0.15) is 6.54 Å². The fraction of sp³-hybridized carbons (Fsp3) is 0.467. The fourth-order valence-electron chi connectivity index (χ4n) is 6.02. The molecule has 2 N–H and O–H groups in total. The number of benzodiazepines with no additional fused rings is 1. The third kappa shape index (κ3) is 5.77. The average Bonchev–Trinajstić information content (AvgIpc) is 3.29. The number of hydrogen-bond donors (Lipinski definition) is 2. The number of carbonyl (C=O) groups excluding carboxylic acids is 3. The standard InChI is InChI=1S/C30H38N6O3/c1-19-7-5-10-25-20(2)31-28(33-30(39)32-23-8-6-9-24(15-23)34(3)4)29(38)36(27(19)25)18-26(37)35-16-21-11-12-22(17-35)14-13-21/h5-10,15,21-22,28H,11-14,16-18H2,1-4H3,(H2,32,33,39). The van der Waals surface area contributed by atoms with Crippen LogP contribution in [0.25, 0.3) is 0 Å². The number of nitrogens with one attached hydrogen (secondary N) is 2. The summed E-state index contributed by atoms with van der Waals surface area (Å²) < 4.78 is 0. The molecule has 3 aliphatic heterocycles. The van der Waals surface area contributed by atoms with Gasteiger partial charge >= 0.3 is 6.03 Å². The van der Waals surface area contributed by atoms with Crippen LogP contribution in [0.4, 0.5) is 21.9 Å². The van der Waals surface area contributed by atoms with Gasteiger partial charge in [-0.2, -0.15) is 0 Å². The zero-order valence-electron chi connectivity index (χ0n) is 23.2. The maximum Gasteiger partial charge on any atom is 0.321 e. The van der Waals surface area contributed by atoms with Crippen molar-refractivity contribution in [2.75, 3.05) is 48.8 Å². The monoisotopic (exact) mass is 530 g/mol. The molecular formula is C30H38N6O3. The van der Waals surface area contributed by atoms with E-state index in [-0.39, 0.29) is 12.5 Å². The Hall–Kier alpha value is -3.88. The second-order valence-electron chi connectivity index (χ2n) is 11.2. The van der Waals surface area contributed by atoms with E-state index < -0.39 is 18.1 Å². The number of para-hydroxylation sites is 1. The zero-order chi connectivity index (χ0) is 27.7. The van der Waals surface area contributed by atoms with Crippen LogP contribution in [0.1, 0.15) is 43.7 Å². The number of urea groups is 1. The van der Waals surface area contributed by atoms with Crippen molar-refractivity contribution in [3.63, 3.8) is 0 Å². The minimum Gasteiger partial charge on any atom is -0.378 e. The minimum atomic E-state index is -1.16. The summed E-state index contributed by atoms with van der Waals surface area (Å²) in [6.45, 7) is 5.19. The Kier molecular flexibility index (Phi) is 7.59. The number of carbonyl (C=O) groups is 3. The number of nitrogens with zero attached hydrogens (tertiary/aromatic N) is 4. The minimum absolute atomic E-state index is 0.0559. The van der Waals surface area contributed by atoms with Crippen molar-refractivity contribution in [1.29, 1.82) is 0 Å². The Morgan fingerprint density at radius 3 is 2.33 bits per heavy atom. The lowest BCUT2D eigenvalue weighted by molar-refractivity contribution is -0.132. The predicted molar refractivity (Wildman–Crippen MR) is 154 cm³/mol. The van der Waals surface area contributed by atoms with Gasteiger partial charge < -0.3 is 20.4 Å². The molecule has 0 aromatic heterocycles. The molecule has 2 aromatic rings. The largest absolute Gasteiger partial charge is 0.378 e. The molecule has 6 rings (SSSR count). The van der Waals surface area contributed by atoms with Gasteiger partial charge in [-0.15, -0.1) is 0 Å². The fourth-order valence-corrected chi connectivity index (χ4v) is 6.02. The van der Waals surface area contributed by atoms with E-state index in [9.17, 15) is 14.4 Å². The van der Waals surface area contributed by atoms with E-state index in [1.54, 1.807) is 6.07 Å². The summed E-state index contributed by atoms with van der Waals surface area (Å²) in [5.74, 6) is 0.595. The van der Waals surface area contributed by atoms with Crippen LogP contribution in [0.3, 0.4) is 0 Å². The van der Waals surface area contributed by atoms with Crippen LogP contribution in [0.5, 0.6) is 0 Å². The van der Waals surface area contributed by atoms with Crippen molar-refractivity contribution in [3.8, 4) is 0 Å². The highest BCUT2D eigenvalue weighted by Gasteiger charge is 2.37. The van der Waals surface area contributed by atoms with Gasteiger partial charge in [-0.25, -0.2) is 4.79 Å². The quantitative estimate of drug-likeness (QED) is 0.610. The normalized spacial score (nSPS) is 22.4. The number of benzene rings is 2. The lowest BCUT2D eigenvalue weighted by Crippen LogP contribution is -2.52. The molecule has 1 aliphatic carbocycles. The summed E-state index contributed by atoms with van der Waals surface area (Å²) in [4.78, 5) is 50.6. The SMILES string of the molecule is CC1=NC(NC(=O)Nc2cccc(N(C)C)c2)C(=O)N(CC(=O)N2CC3CCC(CC3)C2)c2c(C)cccc21. The molecule has 9 heteroatoms. The van der Waals surface area contributed by atoms with Crippen LogP contribution in [0.15, 0.2) is 47.5 Å². The second kappa shape index (κ2) is 11.1. The summed E-state index contributed by atoms with van der Waals surface area (Å²) in [6.07, 6.45) is 3.52. The van der Waals surface area contributed by atoms with Gasteiger partial charge in [0.05, 0.1) is 5.69 Å². The first-order valence-corrected chi connectivity index (χ1v) is 13.8. The number of anilines is 3. The number of hydrogen-bond acceptors (Lipinski definition) is 5. The van der Waals surface area contributed by atoms with Gasteiger partial charge in [0, 0.05) is 49.8 Å². The zero-order valence-corrected chi connectivity index (χ0v) is 23.2. The molecule has 4 amide bonds. The smallest absolute Gasteiger partial charge is 0.321 e. The summed E-state index contributed by atoms with van der Waals surface area (Å²) in [5, 5.41) is 5.55. The lowest BCUT2D eigenvalue weighted by atomic mass is 9.84. The Bertz CT molecular complexity index is 1280. The van der Waals surface area contributed by atoms with Crippen LogP contribution in [-0.4, -0.2) is 68.4 Å². The average molecular weight is 531 g/mol. The number of fused-ring (bicyclic) bond motifs is 5. The number of amides is 4. The van der Waals surface area contributed by atoms with E-state index in [2.05, 4.69) is 15.6 Å². The van der Waals surface area contributed by atoms with Crippen molar-refractivity contribution < 1.29 is 14.4 Å². The van der Waals surface area contributed by atoms with Crippen LogP contribution < -0.4 is 20.4 Å². The molecule has 1 unspecified atom stereocenters. The molecule has 39 heavy (non-hydrogen) atoms. The maximum atomic E-state index is 14.0. The maximum absolute atomic E-state index is 14.0.